The third-order valence-electron chi connectivity index (χ3n) is 3.44. The van der Waals surface area contributed by atoms with Crippen molar-refractivity contribution >= 4 is 17.6 Å². The van der Waals surface area contributed by atoms with Gasteiger partial charge in [0, 0.05) is 44.0 Å². The van der Waals surface area contributed by atoms with Crippen LogP contribution in [0, 0.1) is 0 Å². The Morgan fingerprint density at radius 3 is 2.72 bits per heavy atom. The fraction of sp³-hybridized carbons (Fsp3) is 0.375. The van der Waals surface area contributed by atoms with Gasteiger partial charge in [-0.3, -0.25) is 9.67 Å². The Morgan fingerprint density at radius 2 is 2.08 bits per heavy atom. The summed E-state index contributed by atoms with van der Waals surface area (Å²) in [4.78, 5) is 4.01. The van der Waals surface area contributed by atoms with Gasteiger partial charge in [0.1, 0.15) is 0 Å². The van der Waals surface area contributed by atoms with Gasteiger partial charge in [0.25, 0.3) is 0 Å². The van der Waals surface area contributed by atoms with Crippen LogP contribution in [0.25, 0.3) is 0 Å². The topological polar surface area (TPSA) is 54.2 Å². The Hall–Kier alpha value is -2.22. The first-order valence-corrected chi connectivity index (χ1v) is 7.96. The number of nitrogens with zero attached hydrogens (tertiary/aromatic N) is 3. The molecule has 1 heterocycles. The quantitative estimate of drug-likeness (QED) is 0.625. The Morgan fingerprint density at radius 1 is 1.32 bits per heavy atom. The monoisotopic (exact) mass is 373 g/mol. The second-order valence-electron chi connectivity index (χ2n) is 5.41. The lowest BCUT2D eigenvalue weighted by atomic mass is 10.1. The summed E-state index contributed by atoms with van der Waals surface area (Å²) in [6.07, 6.45) is -2.43. The highest BCUT2D eigenvalue weighted by Gasteiger charge is 2.36. The SMILES string of the molecule is CN=C(NCCc1cccc(Cl)c1)NCc1cn(C)nc1C(F)(F)F. The molecule has 0 bridgehead atoms. The molecule has 1 aromatic carbocycles. The molecule has 0 saturated carbocycles. The van der Waals surface area contributed by atoms with Crippen molar-refractivity contribution in [1.29, 1.82) is 0 Å². The summed E-state index contributed by atoms with van der Waals surface area (Å²) in [6.45, 7) is 0.540. The van der Waals surface area contributed by atoms with Crippen LogP contribution >= 0.6 is 11.6 Å². The number of alkyl halides is 3. The van der Waals surface area contributed by atoms with Crippen LogP contribution in [0.5, 0.6) is 0 Å². The zero-order valence-corrected chi connectivity index (χ0v) is 14.6. The summed E-state index contributed by atoms with van der Waals surface area (Å²) in [5.41, 5.74) is 0.228. The van der Waals surface area contributed by atoms with E-state index in [1.165, 1.54) is 13.2 Å². The maximum absolute atomic E-state index is 12.9. The fourth-order valence-electron chi connectivity index (χ4n) is 2.32. The molecule has 0 atom stereocenters. The lowest BCUT2D eigenvalue weighted by molar-refractivity contribution is -0.142. The van der Waals surface area contributed by atoms with Crippen LogP contribution < -0.4 is 10.6 Å². The summed E-state index contributed by atoms with van der Waals surface area (Å²) < 4.78 is 39.9. The predicted molar refractivity (Wildman–Crippen MR) is 91.6 cm³/mol. The number of aryl methyl sites for hydroxylation is 1. The van der Waals surface area contributed by atoms with E-state index in [4.69, 9.17) is 11.6 Å². The van der Waals surface area contributed by atoms with Gasteiger partial charge in [-0.15, -0.1) is 0 Å². The van der Waals surface area contributed by atoms with Crippen molar-refractivity contribution in [3.8, 4) is 0 Å². The minimum absolute atomic E-state index is 0.0283. The summed E-state index contributed by atoms with van der Waals surface area (Å²) >= 11 is 5.93. The Bertz CT molecular complexity index is 740. The molecule has 0 aliphatic heterocycles. The number of halogens is 4. The van der Waals surface area contributed by atoms with Crippen LogP contribution in [0.15, 0.2) is 35.5 Å². The van der Waals surface area contributed by atoms with E-state index in [1.807, 2.05) is 18.2 Å². The fourth-order valence-corrected chi connectivity index (χ4v) is 2.54. The van der Waals surface area contributed by atoms with Crippen molar-refractivity contribution in [2.75, 3.05) is 13.6 Å². The molecule has 2 aromatic rings. The van der Waals surface area contributed by atoms with E-state index in [2.05, 4.69) is 20.7 Å². The zero-order chi connectivity index (χ0) is 18.4. The van der Waals surface area contributed by atoms with Gasteiger partial charge in [-0.25, -0.2) is 0 Å². The maximum Gasteiger partial charge on any atom is 0.435 e. The molecule has 25 heavy (non-hydrogen) atoms. The molecule has 0 saturated heterocycles. The molecular formula is C16H19ClF3N5. The number of guanidine groups is 1. The third kappa shape index (κ3) is 5.67. The van der Waals surface area contributed by atoms with Crippen molar-refractivity contribution < 1.29 is 13.2 Å². The second kappa shape index (κ2) is 8.24. The van der Waals surface area contributed by atoms with E-state index in [-0.39, 0.29) is 12.1 Å². The van der Waals surface area contributed by atoms with Crippen LogP contribution in [-0.4, -0.2) is 29.3 Å². The molecule has 136 valence electrons. The Kier molecular flexibility index (Phi) is 6.30. The number of hydrogen-bond donors (Lipinski definition) is 2. The summed E-state index contributed by atoms with van der Waals surface area (Å²) in [6, 6.07) is 7.48. The van der Waals surface area contributed by atoms with Crippen LogP contribution in [0.2, 0.25) is 5.02 Å². The summed E-state index contributed by atoms with van der Waals surface area (Å²) in [5.74, 6) is 0.416. The summed E-state index contributed by atoms with van der Waals surface area (Å²) in [7, 11) is 3.01. The van der Waals surface area contributed by atoms with Gasteiger partial charge in [0.2, 0.25) is 0 Å². The first kappa shape index (κ1) is 19.1. The van der Waals surface area contributed by atoms with Crippen molar-refractivity contribution in [2.24, 2.45) is 12.0 Å². The average Bonchev–Trinajstić information content (AvgIpc) is 2.92. The van der Waals surface area contributed by atoms with Gasteiger partial charge in [0.05, 0.1) is 0 Å². The molecule has 0 spiro atoms. The standard InChI is InChI=1S/C16H19ClF3N5/c1-21-15(22-7-6-11-4-3-5-13(17)8-11)23-9-12-10-25(2)24-14(12)16(18,19)20/h3-5,8,10H,6-7,9H2,1-2H3,(H2,21,22,23). The van der Waals surface area contributed by atoms with Gasteiger partial charge in [-0.05, 0) is 24.1 Å². The minimum atomic E-state index is -4.48. The molecule has 2 rings (SSSR count). The molecule has 0 unspecified atom stereocenters. The molecular weight excluding hydrogens is 355 g/mol. The van der Waals surface area contributed by atoms with Gasteiger partial charge < -0.3 is 10.6 Å². The Balaban J connectivity index is 1.89. The average molecular weight is 374 g/mol. The Labute approximate surface area is 148 Å². The van der Waals surface area contributed by atoms with Crippen molar-refractivity contribution in [2.45, 2.75) is 19.1 Å². The molecule has 1 aromatic heterocycles. The van der Waals surface area contributed by atoms with Crippen molar-refractivity contribution in [1.82, 2.24) is 20.4 Å². The van der Waals surface area contributed by atoms with Gasteiger partial charge >= 0.3 is 6.18 Å². The van der Waals surface area contributed by atoms with Crippen LogP contribution in [0.3, 0.4) is 0 Å². The molecule has 0 aliphatic rings. The summed E-state index contributed by atoms with van der Waals surface area (Å²) in [5, 5.41) is 10.1. The number of nitrogens with one attached hydrogen (secondary N) is 2. The first-order chi connectivity index (χ1) is 11.8. The van der Waals surface area contributed by atoms with Gasteiger partial charge in [-0.2, -0.15) is 18.3 Å². The molecule has 0 radical (unpaired) electrons. The van der Waals surface area contributed by atoms with E-state index in [0.717, 1.165) is 10.2 Å². The van der Waals surface area contributed by atoms with E-state index in [0.29, 0.717) is 23.9 Å². The molecule has 0 fully saturated rings. The first-order valence-electron chi connectivity index (χ1n) is 7.58. The maximum atomic E-state index is 12.9. The number of hydrogen-bond acceptors (Lipinski definition) is 2. The number of aromatic nitrogens is 2. The number of rotatable bonds is 5. The second-order valence-corrected chi connectivity index (χ2v) is 5.84. The molecule has 2 N–H and O–H groups in total. The van der Waals surface area contributed by atoms with Gasteiger partial charge in [0.15, 0.2) is 11.7 Å². The van der Waals surface area contributed by atoms with Gasteiger partial charge in [-0.1, -0.05) is 23.7 Å². The van der Waals surface area contributed by atoms with Crippen LogP contribution in [0.1, 0.15) is 16.8 Å². The number of aliphatic imine (C=N–C) groups is 1. The van der Waals surface area contributed by atoms with E-state index < -0.39 is 11.9 Å². The van der Waals surface area contributed by atoms with Crippen molar-refractivity contribution in [3.63, 3.8) is 0 Å². The largest absolute Gasteiger partial charge is 0.435 e. The van der Waals surface area contributed by atoms with E-state index in [1.54, 1.807) is 13.1 Å². The van der Waals surface area contributed by atoms with Crippen LogP contribution in [0.4, 0.5) is 13.2 Å². The lowest BCUT2D eigenvalue weighted by Crippen LogP contribution is -2.38. The van der Waals surface area contributed by atoms with E-state index in [9.17, 15) is 13.2 Å². The normalized spacial score (nSPS) is 12.3. The minimum Gasteiger partial charge on any atom is -0.356 e. The smallest absolute Gasteiger partial charge is 0.356 e. The highest BCUT2D eigenvalue weighted by Crippen LogP contribution is 2.30. The van der Waals surface area contributed by atoms with Crippen LogP contribution in [-0.2, 0) is 26.2 Å². The highest BCUT2D eigenvalue weighted by atomic mass is 35.5. The predicted octanol–water partition coefficient (Wildman–Crippen LogP) is 3.00. The highest BCUT2D eigenvalue weighted by molar-refractivity contribution is 6.30. The molecule has 9 heteroatoms. The molecule has 0 amide bonds. The molecule has 0 aliphatic carbocycles. The number of benzene rings is 1. The third-order valence-corrected chi connectivity index (χ3v) is 3.67. The van der Waals surface area contributed by atoms with Crippen molar-refractivity contribution in [3.05, 3.63) is 52.3 Å². The molecule has 5 nitrogen and oxygen atoms in total. The zero-order valence-electron chi connectivity index (χ0n) is 13.9. The van der Waals surface area contributed by atoms with E-state index >= 15 is 0 Å². The lowest BCUT2D eigenvalue weighted by Gasteiger charge is -2.12.